The number of esters is 1. The second-order valence-electron chi connectivity index (χ2n) is 8.53. The predicted octanol–water partition coefficient (Wildman–Crippen LogP) is 4.39. The number of rotatable bonds is 10. The van der Waals surface area contributed by atoms with Crippen molar-refractivity contribution in [2.45, 2.75) is 19.9 Å². The van der Waals surface area contributed by atoms with E-state index in [-0.39, 0.29) is 41.0 Å². The van der Waals surface area contributed by atoms with Crippen LogP contribution < -0.4 is 20.8 Å². The van der Waals surface area contributed by atoms with Crippen LogP contribution in [0.25, 0.3) is 11.3 Å². The molecular weight excluding hydrogens is 574 g/mol. The molecule has 212 valence electrons. The van der Waals surface area contributed by atoms with Crippen molar-refractivity contribution in [3.05, 3.63) is 92.3 Å². The Morgan fingerprint density at radius 3 is 2.78 bits per heavy atom. The molecule has 0 spiro atoms. The number of benzene rings is 2. The number of furan rings is 1. The Morgan fingerprint density at radius 2 is 2.02 bits per heavy atom. The molecule has 0 fully saturated rings. The lowest BCUT2D eigenvalue weighted by molar-refractivity contribution is -0.384. The van der Waals surface area contributed by atoms with Crippen molar-refractivity contribution in [1.82, 2.24) is 16.1 Å². The third-order valence-electron chi connectivity index (χ3n) is 5.78. The lowest BCUT2D eigenvalue weighted by atomic mass is 9.95. The summed E-state index contributed by atoms with van der Waals surface area (Å²) in [5.74, 6) is -0.243. The first-order chi connectivity index (χ1) is 19.7. The van der Waals surface area contributed by atoms with Gasteiger partial charge in [0.25, 0.3) is 11.6 Å². The summed E-state index contributed by atoms with van der Waals surface area (Å²) in [6.45, 7) is 3.25. The van der Waals surface area contributed by atoms with Gasteiger partial charge in [-0.05, 0) is 56.4 Å². The van der Waals surface area contributed by atoms with Gasteiger partial charge in [-0.2, -0.15) is 5.10 Å². The van der Waals surface area contributed by atoms with Gasteiger partial charge < -0.3 is 24.5 Å². The van der Waals surface area contributed by atoms with Crippen LogP contribution in [-0.4, -0.2) is 41.3 Å². The van der Waals surface area contributed by atoms with Crippen LogP contribution >= 0.6 is 23.8 Å². The van der Waals surface area contributed by atoms with Crippen LogP contribution in [0, 0.1) is 10.1 Å². The lowest BCUT2D eigenvalue weighted by Crippen LogP contribution is -2.45. The quantitative estimate of drug-likeness (QED) is 0.101. The van der Waals surface area contributed by atoms with Crippen molar-refractivity contribution in [2.24, 2.45) is 5.10 Å². The molecule has 0 unspecified atom stereocenters. The highest BCUT2D eigenvalue weighted by atomic mass is 35.5. The van der Waals surface area contributed by atoms with Gasteiger partial charge in [0.05, 0.1) is 34.9 Å². The average molecular weight is 598 g/mol. The topological polar surface area (TPSA) is 157 Å². The first-order valence-corrected chi connectivity index (χ1v) is 13.0. The number of nitro groups is 1. The molecule has 3 aromatic rings. The Labute approximate surface area is 244 Å². The number of carbonyl (C=O) groups is 2. The van der Waals surface area contributed by atoms with Crippen LogP contribution in [0.5, 0.6) is 5.75 Å². The van der Waals surface area contributed by atoms with Crippen molar-refractivity contribution < 1.29 is 28.4 Å². The number of thiocarbonyl (C=S) groups is 1. The number of allylic oxidation sites excluding steroid dienone is 1. The molecule has 2 aromatic carbocycles. The third-order valence-corrected chi connectivity index (χ3v) is 6.24. The maximum Gasteiger partial charge on any atom is 0.338 e. The molecule has 0 saturated heterocycles. The molecule has 41 heavy (non-hydrogen) atoms. The van der Waals surface area contributed by atoms with E-state index in [1.807, 2.05) is 0 Å². The van der Waals surface area contributed by atoms with Gasteiger partial charge in [-0.25, -0.2) is 10.2 Å². The summed E-state index contributed by atoms with van der Waals surface area (Å²) in [7, 11) is 0. The molecule has 12 nitrogen and oxygen atoms in total. The monoisotopic (exact) mass is 597 g/mol. The Balaban J connectivity index is 1.41. The number of hydrogen-bond donors (Lipinski definition) is 3. The summed E-state index contributed by atoms with van der Waals surface area (Å²) >= 11 is 11.2. The Morgan fingerprint density at radius 1 is 1.24 bits per heavy atom. The van der Waals surface area contributed by atoms with Gasteiger partial charge in [-0.15, -0.1) is 0 Å². The van der Waals surface area contributed by atoms with Gasteiger partial charge in [0, 0.05) is 22.3 Å². The molecule has 1 aliphatic rings. The standard InChI is InChI=1S/C27H24ClN5O7S/c1-3-38-26(35)24-15(2)30-27(41)31-25(24)19-6-4-5-7-21(19)39-14-23(34)32-29-13-17-9-11-22(40-17)18-10-8-16(28)12-20(18)33(36)37/h4-13,25H,3,14H2,1-2H3,(H,32,34)(H2,30,31,41)/t25-/m1/s1. The minimum atomic E-state index is -0.662. The molecule has 4 rings (SSSR count). The van der Waals surface area contributed by atoms with E-state index in [9.17, 15) is 19.7 Å². The maximum atomic E-state index is 12.7. The number of hydrogen-bond acceptors (Lipinski definition) is 9. The maximum absolute atomic E-state index is 12.7. The molecule has 0 saturated carbocycles. The summed E-state index contributed by atoms with van der Waals surface area (Å²) in [5, 5.41) is 21.8. The zero-order chi connectivity index (χ0) is 29.5. The fourth-order valence-corrected chi connectivity index (χ4v) is 4.47. The number of nitro benzene ring substituents is 1. The highest BCUT2D eigenvalue weighted by molar-refractivity contribution is 7.80. The minimum absolute atomic E-state index is 0.200. The number of para-hydroxylation sites is 1. The highest BCUT2D eigenvalue weighted by Gasteiger charge is 2.32. The molecule has 14 heteroatoms. The Kier molecular flexibility index (Phi) is 9.32. The van der Waals surface area contributed by atoms with Crippen LogP contribution in [0.1, 0.15) is 31.2 Å². The number of ether oxygens (including phenoxy) is 2. The second kappa shape index (κ2) is 13.1. The Bertz CT molecular complexity index is 1570. The van der Waals surface area contributed by atoms with Crippen LogP contribution in [0.4, 0.5) is 5.69 Å². The van der Waals surface area contributed by atoms with E-state index in [0.29, 0.717) is 27.7 Å². The molecule has 1 atom stereocenters. The van der Waals surface area contributed by atoms with Gasteiger partial charge in [0.2, 0.25) is 0 Å². The summed E-state index contributed by atoms with van der Waals surface area (Å²) in [4.78, 5) is 35.9. The summed E-state index contributed by atoms with van der Waals surface area (Å²) < 4.78 is 16.6. The zero-order valence-electron chi connectivity index (χ0n) is 21.8. The highest BCUT2D eigenvalue weighted by Crippen LogP contribution is 2.34. The number of carbonyl (C=O) groups excluding carboxylic acids is 2. The predicted molar refractivity (Wildman–Crippen MR) is 154 cm³/mol. The van der Waals surface area contributed by atoms with Crippen LogP contribution in [-0.2, 0) is 14.3 Å². The number of nitrogens with one attached hydrogen (secondary N) is 3. The first-order valence-electron chi connectivity index (χ1n) is 12.2. The van der Waals surface area contributed by atoms with Crippen molar-refractivity contribution in [3.8, 4) is 17.1 Å². The van der Waals surface area contributed by atoms with Gasteiger partial charge in [0.15, 0.2) is 11.7 Å². The van der Waals surface area contributed by atoms with Gasteiger partial charge >= 0.3 is 5.97 Å². The van der Waals surface area contributed by atoms with Gasteiger partial charge in [-0.3, -0.25) is 14.9 Å². The molecule has 3 N–H and O–H groups in total. The van der Waals surface area contributed by atoms with E-state index in [0.717, 1.165) is 0 Å². The lowest BCUT2D eigenvalue weighted by Gasteiger charge is -2.30. The van der Waals surface area contributed by atoms with E-state index in [2.05, 4.69) is 21.2 Å². The molecule has 0 radical (unpaired) electrons. The summed E-state index contributed by atoms with van der Waals surface area (Å²) in [5.41, 5.74) is 3.84. The van der Waals surface area contributed by atoms with Crippen molar-refractivity contribution in [1.29, 1.82) is 0 Å². The Hall–Kier alpha value is -4.75. The van der Waals surface area contributed by atoms with E-state index < -0.39 is 22.8 Å². The van der Waals surface area contributed by atoms with E-state index in [1.165, 1.54) is 24.4 Å². The fourth-order valence-electron chi connectivity index (χ4n) is 4.03. The molecule has 1 aromatic heterocycles. The summed E-state index contributed by atoms with van der Waals surface area (Å²) in [6.07, 6.45) is 1.25. The largest absolute Gasteiger partial charge is 0.483 e. The normalized spacial score (nSPS) is 14.8. The smallest absolute Gasteiger partial charge is 0.338 e. The molecule has 2 heterocycles. The molecule has 1 aliphatic heterocycles. The van der Waals surface area contributed by atoms with Gasteiger partial charge in [0.1, 0.15) is 17.3 Å². The van der Waals surface area contributed by atoms with E-state index >= 15 is 0 Å². The fraction of sp³-hybridized carbons (Fsp3) is 0.185. The second-order valence-corrected chi connectivity index (χ2v) is 9.38. The van der Waals surface area contributed by atoms with Crippen LogP contribution in [0.3, 0.4) is 0 Å². The van der Waals surface area contributed by atoms with Crippen molar-refractivity contribution in [2.75, 3.05) is 13.2 Å². The average Bonchev–Trinajstić information content (AvgIpc) is 3.40. The van der Waals surface area contributed by atoms with Crippen LogP contribution in [0.15, 0.2) is 75.4 Å². The van der Waals surface area contributed by atoms with Gasteiger partial charge in [-0.1, -0.05) is 29.8 Å². The van der Waals surface area contributed by atoms with Crippen molar-refractivity contribution in [3.63, 3.8) is 0 Å². The third kappa shape index (κ3) is 7.07. The first kappa shape index (κ1) is 29.2. The van der Waals surface area contributed by atoms with Crippen molar-refractivity contribution >= 4 is 52.7 Å². The minimum Gasteiger partial charge on any atom is -0.483 e. The molecule has 1 amide bonds. The summed E-state index contributed by atoms with van der Waals surface area (Å²) in [6, 6.07) is 13.6. The number of amides is 1. The number of halogens is 1. The molecular formula is C27H24ClN5O7S. The van der Waals surface area contributed by atoms with E-state index in [4.69, 9.17) is 37.7 Å². The number of hydrazone groups is 1. The SMILES string of the molecule is CCOC(=O)C1=C(C)NC(=S)N[C@@H]1c1ccccc1OCC(=O)NN=Cc1ccc(-c2ccc(Cl)cc2[N+](=O)[O-])o1. The number of nitrogens with zero attached hydrogens (tertiary/aromatic N) is 2. The van der Waals surface area contributed by atoms with E-state index in [1.54, 1.807) is 50.2 Å². The molecule has 0 bridgehead atoms. The van der Waals surface area contributed by atoms with Crippen LogP contribution in [0.2, 0.25) is 5.02 Å². The zero-order valence-corrected chi connectivity index (χ0v) is 23.4. The molecule has 0 aliphatic carbocycles.